The molecule has 0 fully saturated rings. The maximum Gasteiger partial charge on any atom is 0.265 e. The Labute approximate surface area is 77.8 Å². The van der Waals surface area contributed by atoms with Gasteiger partial charge in [-0.3, -0.25) is 0 Å². The second-order valence-corrected chi connectivity index (χ2v) is 3.62. The number of nitrogen functional groups attached to an aromatic ring is 1. The first-order chi connectivity index (χ1) is 6.20. The number of hydrogen-bond donors (Lipinski definition) is 1. The SMILES string of the molecule is Nc1cccc2scc(C(F)F)c12. The number of hydrogen-bond acceptors (Lipinski definition) is 2. The Hall–Kier alpha value is -1.16. The number of thiophene rings is 1. The van der Waals surface area contributed by atoms with Gasteiger partial charge in [0.2, 0.25) is 0 Å². The Morgan fingerprint density at radius 1 is 1.31 bits per heavy atom. The van der Waals surface area contributed by atoms with Gasteiger partial charge in [0.15, 0.2) is 0 Å². The van der Waals surface area contributed by atoms with E-state index in [2.05, 4.69) is 0 Å². The van der Waals surface area contributed by atoms with Gasteiger partial charge in [-0.1, -0.05) is 6.07 Å². The van der Waals surface area contributed by atoms with Gasteiger partial charge in [-0.2, -0.15) is 0 Å². The normalized spacial score (nSPS) is 11.3. The minimum absolute atomic E-state index is 0.0399. The van der Waals surface area contributed by atoms with Crippen molar-refractivity contribution in [3.63, 3.8) is 0 Å². The molecule has 0 spiro atoms. The van der Waals surface area contributed by atoms with Crippen molar-refractivity contribution in [3.8, 4) is 0 Å². The lowest BCUT2D eigenvalue weighted by atomic mass is 10.1. The molecule has 13 heavy (non-hydrogen) atoms. The number of alkyl halides is 2. The molecule has 0 amide bonds. The van der Waals surface area contributed by atoms with E-state index >= 15 is 0 Å². The topological polar surface area (TPSA) is 26.0 Å². The predicted molar refractivity (Wildman–Crippen MR) is 51.2 cm³/mol. The lowest BCUT2D eigenvalue weighted by Crippen LogP contribution is -1.88. The molecule has 0 aliphatic rings. The molecule has 68 valence electrons. The van der Waals surface area contributed by atoms with Crippen LogP contribution < -0.4 is 5.73 Å². The van der Waals surface area contributed by atoms with Gasteiger partial charge in [0.25, 0.3) is 6.43 Å². The molecule has 0 atom stereocenters. The van der Waals surface area contributed by atoms with Crippen molar-refractivity contribution in [1.29, 1.82) is 0 Å². The lowest BCUT2D eigenvalue weighted by Gasteiger charge is -1.99. The third-order valence-corrected chi connectivity index (χ3v) is 2.86. The van der Waals surface area contributed by atoms with Gasteiger partial charge in [0.05, 0.1) is 0 Å². The average molecular weight is 199 g/mol. The summed E-state index contributed by atoms with van der Waals surface area (Å²) in [7, 11) is 0. The second-order valence-electron chi connectivity index (χ2n) is 2.71. The molecule has 0 saturated carbocycles. The highest BCUT2D eigenvalue weighted by Crippen LogP contribution is 2.35. The molecule has 0 aliphatic heterocycles. The van der Waals surface area contributed by atoms with Crippen LogP contribution in [0.1, 0.15) is 12.0 Å². The van der Waals surface area contributed by atoms with Crippen molar-refractivity contribution in [2.24, 2.45) is 0 Å². The number of benzene rings is 1. The zero-order chi connectivity index (χ0) is 9.42. The quantitative estimate of drug-likeness (QED) is 0.699. The molecule has 1 nitrogen and oxygen atoms in total. The van der Waals surface area contributed by atoms with E-state index in [0.717, 1.165) is 4.70 Å². The molecule has 1 aromatic heterocycles. The molecule has 2 rings (SSSR count). The number of fused-ring (bicyclic) bond motifs is 1. The van der Waals surface area contributed by atoms with Crippen LogP contribution in [0.3, 0.4) is 0 Å². The highest BCUT2D eigenvalue weighted by molar-refractivity contribution is 7.17. The van der Waals surface area contributed by atoms with Gasteiger partial charge < -0.3 is 5.73 Å². The fourth-order valence-corrected chi connectivity index (χ4v) is 2.29. The van der Waals surface area contributed by atoms with Crippen LogP contribution in [0.2, 0.25) is 0 Å². The van der Waals surface area contributed by atoms with Crippen molar-refractivity contribution in [2.45, 2.75) is 6.43 Å². The van der Waals surface area contributed by atoms with Crippen LogP contribution in [0, 0.1) is 0 Å². The summed E-state index contributed by atoms with van der Waals surface area (Å²) in [5.74, 6) is 0. The molecule has 2 aromatic rings. The molecule has 1 aromatic carbocycles. The van der Waals surface area contributed by atoms with Crippen molar-refractivity contribution >= 4 is 27.1 Å². The summed E-state index contributed by atoms with van der Waals surface area (Å²) in [5, 5.41) is 1.97. The summed E-state index contributed by atoms with van der Waals surface area (Å²) < 4.78 is 25.7. The number of halogens is 2. The third kappa shape index (κ3) is 1.27. The number of rotatable bonds is 1. The highest BCUT2D eigenvalue weighted by atomic mass is 32.1. The molecule has 0 bridgehead atoms. The van der Waals surface area contributed by atoms with Gasteiger partial charge in [-0.25, -0.2) is 8.78 Å². The predicted octanol–water partition coefficient (Wildman–Crippen LogP) is 3.42. The zero-order valence-corrected chi connectivity index (χ0v) is 7.44. The van der Waals surface area contributed by atoms with Crippen LogP contribution in [0.15, 0.2) is 23.6 Å². The van der Waals surface area contributed by atoms with Crippen molar-refractivity contribution < 1.29 is 8.78 Å². The van der Waals surface area contributed by atoms with Crippen LogP contribution in [-0.4, -0.2) is 0 Å². The van der Waals surface area contributed by atoms with Crippen LogP contribution >= 0.6 is 11.3 Å². The van der Waals surface area contributed by atoms with Crippen LogP contribution in [0.25, 0.3) is 10.1 Å². The average Bonchev–Trinajstić information content (AvgIpc) is 2.49. The highest BCUT2D eigenvalue weighted by Gasteiger charge is 2.14. The van der Waals surface area contributed by atoms with Gasteiger partial charge in [-0.05, 0) is 12.1 Å². The van der Waals surface area contributed by atoms with E-state index in [1.54, 1.807) is 18.2 Å². The molecule has 0 aliphatic carbocycles. The van der Waals surface area contributed by atoms with Crippen molar-refractivity contribution in [2.75, 3.05) is 5.73 Å². The zero-order valence-electron chi connectivity index (χ0n) is 6.63. The Balaban J connectivity index is 2.79. The van der Waals surface area contributed by atoms with E-state index in [1.807, 2.05) is 0 Å². The van der Waals surface area contributed by atoms with Gasteiger partial charge in [0, 0.05) is 26.7 Å². The van der Waals surface area contributed by atoms with E-state index in [9.17, 15) is 8.78 Å². The summed E-state index contributed by atoms with van der Waals surface area (Å²) in [6.45, 7) is 0. The standard InChI is InChI=1S/C9H7F2NS/c10-9(11)5-4-13-7-3-1-2-6(12)8(5)7/h1-4,9H,12H2. The molecular formula is C9H7F2NS. The molecule has 1 heterocycles. The summed E-state index contributed by atoms with van der Waals surface area (Å²) in [6, 6.07) is 5.20. The Morgan fingerprint density at radius 3 is 2.77 bits per heavy atom. The first-order valence-corrected chi connectivity index (χ1v) is 4.62. The van der Waals surface area contributed by atoms with Gasteiger partial charge in [0.1, 0.15) is 0 Å². The van der Waals surface area contributed by atoms with E-state index in [1.165, 1.54) is 16.7 Å². The van der Waals surface area contributed by atoms with Crippen LogP contribution in [0.4, 0.5) is 14.5 Å². The minimum atomic E-state index is -2.45. The summed E-state index contributed by atoms with van der Waals surface area (Å²) in [5.41, 5.74) is 6.08. The molecule has 2 N–H and O–H groups in total. The molecule has 0 radical (unpaired) electrons. The molecule has 0 saturated heterocycles. The second kappa shape index (κ2) is 2.96. The first-order valence-electron chi connectivity index (χ1n) is 3.74. The molecule has 4 heteroatoms. The fraction of sp³-hybridized carbons (Fsp3) is 0.111. The van der Waals surface area contributed by atoms with Crippen LogP contribution in [0.5, 0.6) is 0 Å². The van der Waals surface area contributed by atoms with E-state index in [4.69, 9.17) is 5.73 Å². The van der Waals surface area contributed by atoms with Crippen LogP contribution in [-0.2, 0) is 0 Å². The van der Waals surface area contributed by atoms with Crippen molar-refractivity contribution in [1.82, 2.24) is 0 Å². The monoisotopic (exact) mass is 199 g/mol. The first kappa shape index (κ1) is 8.44. The van der Waals surface area contributed by atoms with Gasteiger partial charge >= 0.3 is 0 Å². The van der Waals surface area contributed by atoms with E-state index in [0.29, 0.717) is 11.1 Å². The summed E-state index contributed by atoms with van der Waals surface area (Å²) in [4.78, 5) is 0. The van der Waals surface area contributed by atoms with Crippen molar-refractivity contribution in [3.05, 3.63) is 29.1 Å². The maximum absolute atomic E-state index is 12.5. The Morgan fingerprint density at radius 2 is 2.08 bits per heavy atom. The van der Waals surface area contributed by atoms with Gasteiger partial charge in [-0.15, -0.1) is 11.3 Å². The summed E-state index contributed by atoms with van der Waals surface area (Å²) in [6.07, 6.45) is -2.45. The Bertz CT molecular complexity index is 436. The number of nitrogens with two attached hydrogens (primary N) is 1. The molecule has 0 unspecified atom stereocenters. The van der Waals surface area contributed by atoms with E-state index < -0.39 is 6.43 Å². The maximum atomic E-state index is 12.5. The summed E-state index contributed by atoms with van der Waals surface area (Å²) >= 11 is 1.30. The lowest BCUT2D eigenvalue weighted by molar-refractivity contribution is 0.153. The Kier molecular flexibility index (Phi) is 1.92. The minimum Gasteiger partial charge on any atom is -0.398 e. The van der Waals surface area contributed by atoms with E-state index in [-0.39, 0.29) is 5.56 Å². The largest absolute Gasteiger partial charge is 0.398 e. The number of anilines is 1. The third-order valence-electron chi connectivity index (χ3n) is 1.90. The fourth-order valence-electron chi connectivity index (χ4n) is 1.30. The molecular weight excluding hydrogens is 192 g/mol. The smallest absolute Gasteiger partial charge is 0.265 e.